The summed E-state index contributed by atoms with van der Waals surface area (Å²) < 4.78 is 0. The van der Waals surface area contributed by atoms with E-state index in [2.05, 4.69) is 15.9 Å². The normalized spacial score (nSPS) is 14.6. The van der Waals surface area contributed by atoms with Crippen molar-refractivity contribution in [3.05, 3.63) is 30.3 Å². The zero-order valence-electron chi connectivity index (χ0n) is 9.64. The molecule has 1 aliphatic rings. The summed E-state index contributed by atoms with van der Waals surface area (Å²) in [6.45, 7) is 0.832. The van der Waals surface area contributed by atoms with Gasteiger partial charge in [-0.05, 0) is 25.0 Å². The van der Waals surface area contributed by atoms with E-state index in [9.17, 15) is 4.79 Å². The van der Waals surface area contributed by atoms with Gasteiger partial charge >= 0.3 is 0 Å². The molecule has 1 amide bonds. The molecule has 0 bridgehead atoms. The van der Waals surface area contributed by atoms with Crippen molar-refractivity contribution in [3.63, 3.8) is 0 Å². The Morgan fingerprint density at radius 1 is 1.35 bits per heavy atom. The zero-order valence-corrected chi connectivity index (χ0v) is 12.0. The third kappa shape index (κ3) is 4.03. The summed E-state index contributed by atoms with van der Waals surface area (Å²) in [6, 6.07) is 10.6. The van der Waals surface area contributed by atoms with E-state index < -0.39 is 0 Å². The van der Waals surface area contributed by atoms with Crippen LogP contribution in [0.15, 0.2) is 35.2 Å². The predicted octanol–water partition coefficient (Wildman–Crippen LogP) is 3.16. The van der Waals surface area contributed by atoms with E-state index in [4.69, 9.17) is 0 Å². The summed E-state index contributed by atoms with van der Waals surface area (Å²) in [4.78, 5) is 15.3. The van der Waals surface area contributed by atoms with Crippen LogP contribution in [-0.2, 0) is 4.79 Å². The van der Waals surface area contributed by atoms with Crippen molar-refractivity contribution >= 4 is 33.6 Å². The summed E-state index contributed by atoms with van der Waals surface area (Å²) in [5, 5.41) is 0.866. The van der Waals surface area contributed by atoms with Crippen molar-refractivity contribution < 1.29 is 4.79 Å². The number of hydrogen-bond donors (Lipinski definition) is 0. The highest BCUT2D eigenvalue weighted by Gasteiger charge is 2.31. The molecule has 0 unspecified atom stereocenters. The second-order valence-corrected chi connectivity index (χ2v) is 5.95. The minimum atomic E-state index is 0.265. The molecule has 0 N–H and O–H groups in total. The average Bonchev–Trinajstić information content (AvgIpc) is 3.18. The van der Waals surface area contributed by atoms with Gasteiger partial charge in [-0.1, -0.05) is 34.1 Å². The lowest BCUT2D eigenvalue weighted by molar-refractivity contribution is -0.128. The largest absolute Gasteiger partial charge is 0.338 e. The van der Waals surface area contributed by atoms with Gasteiger partial charge in [-0.3, -0.25) is 4.79 Å². The molecule has 0 atom stereocenters. The molecule has 0 saturated heterocycles. The molecule has 1 aromatic rings. The summed E-state index contributed by atoms with van der Waals surface area (Å²) in [5.41, 5.74) is 0. The Labute approximate surface area is 115 Å². The van der Waals surface area contributed by atoms with Crippen LogP contribution in [0.1, 0.15) is 12.8 Å². The predicted molar refractivity (Wildman–Crippen MR) is 75.7 cm³/mol. The van der Waals surface area contributed by atoms with Crippen molar-refractivity contribution in [2.45, 2.75) is 23.8 Å². The van der Waals surface area contributed by atoms with Crippen molar-refractivity contribution in [2.75, 3.05) is 17.6 Å². The molecule has 17 heavy (non-hydrogen) atoms. The molecular weight excluding hydrogens is 298 g/mol. The maximum atomic E-state index is 12.1. The maximum absolute atomic E-state index is 12.1. The third-order valence-electron chi connectivity index (χ3n) is 2.74. The minimum Gasteiger partial charge on any atom is -0.338 e. The van der Waals surface area contributed by atoms with E-state index in [-0.39, 0.29) is 5.91 Å². The smallest absolute Gasteiger partial charge is 0.233 e. The SMILES string of the molecule is O=C(CSc1ccccc1)N(CCBr)C1CC1. The van der Waals surface area contributed by atoms with E-state index in [1.807, 2.05) is 35.2 Å². The van der Waals surface area contributed by atoms with Gasteiger partial charge in [0.25, 0.3) is 0 Å². The first-order valence-corrected chi connectivity index (χ1v) is 7.95. The lowest BCUT2D eigenvalue weighted by Gasteiger charge is -2.21. The van der Waals surface area contributed by atoms with Crippen LogP contribution in [0.2, 0.25) is 0 Å². The fourth-order valence-corrected chi connectivity index (χ4v) is 2.92. The second-order valence-electron chi connectivity index (χ2n) is 4.11. The number of halogens is 1. The van der Waals surface area contributed by atoms with E-state index in [0.717, 1.165) is 16.8 Å². The van der Waals surface area contributed by atoms with Crippen molar-refractivity contribution in [1.82, 2.24) is 4.90 Å². The number of rotatable bonds is 6. The van der Waals surface area contributed by atoms with Gasteiger partial charge in [0.15, 0.2) is 0 Å². The van der Waals surface area contributed by atoms with Crippen LogP contribution in [0.5, 0.6) is 0 Å². The minimum absolute atomic E-state index is 0.265. The molecule has 0 aromatic heterocycles. The van der Waals surface area contributed by atoms with Crippen LogP contribution in [0, 0.1) is 0 Å². The summed E-state index contributed by atoms with van der Waals surface area (Å²) >= 11 is 5.03. The number of alkyl halides is 1. The monoisotopic (exact) mass is 313 g/mol. The first kappa shape index (κ1) is 13.0. The van der Waals surface area contributed by atoms with E-state index >= 15 is 0 Å². The Balaban J connectivity index is 1.83. The Morgan fingerprint density at radius 2 is 2.06 bits per heavy atom. The average molecular weight is 314 g/mol. The van der Waals surface area contributed by atoms with Gasteiger partial charge in [0.2, 0.25) is 5.91 Å². The molecule has 0 aliphatic heterocycles. The number of thioether (sulfide) groups is 1. The van der Waals surface area contributed by atoms with Gasteiger partial charge in [0.05, 0.1) is 5.75 Å². The molecule has 4 heteroatoms. The molecule has 2 nitrogen and oxygen atoms in total. The number of nitrogens with zero attached hydrogens (tertiary/aromatic N) is 1. The zero-order chi connectivity index (χ0) is 12.1. The lowest BCUT2D eigenvalue weighted by Crippen LogP contribution is -2.35. The van der Waals surface area contributed by atoms with Crippen molar-refractivity contribution in [1.29, 1.82) is 0 Å². The van der Waals surface area contributed by atoms with Crippen molar-refractivity contribution in [3.8, 4) is 0 Å². The van der Waals surface area contributed by atoms with Crippen LogP contribution in [-0.4, -0.2) is 34.5 Å². The Morgan fingerprint density at radius 3 is 2.65 bits per heavy atom. The molecule has 1 aliphatic carbocycles. The number of benzene rings is 1. The first-order valence-electron chi connectivity index (χ1n) is 5.84. The highest BCUT2D eigenvalue weighted by molar-refractivity contribution is 9.09. The quantitative estimate of drug-likeness (QED) is 0.594. The number of carbonyl (C=O) groups excluding carboxylic acids is 1. The second kappa shape index (κ2) is 6.45. The van der Waals surface area contributed by atoms with Gasteiger partial charge in [0.1, 0.15) is 0 Å². The molecular formula is C13H16BrNOS. The molecule has 1 aromatic carbocycles. The molecule has 2 rings (SSSR count). The number of carbonyl (C=O) groups is 1. The van der Waals surface area contributed by atoms with Crippen LogP contribution in [0.3, 0.4) is 0 Å². The van der Waals surface area contributed by atoms with Gasteiger partial charge < -0.3 is 4.90 Å². The Bertz CT molecular complexity index is 367. The Kier molecular flexibility index (Phi) is 4.92. The van der Waals surface area contributed by atoms with Gasteiger partial charge in [0, 0.05) is 22.8 Å². The molecule has 1 saturated carbocycles. The molecule has 1 fully saturated rings. The highest BCUT2D eigenvalue weighted by Crippen LogP contribution is 2.28. The third-order valence-corrected chi connectivity index (χ3v) is 4.09. The van der Waals surface area contributed by atoms with E-state index in [1.54, 1.807) is 11.8 Å². The van der Waals surface area contributed by atoms with Gasteiger partial charge in [-0.15, -0.1) is 11.8 Å². The standard InChI is InChI=1S/C13H16BrNOS/c14-8-9-15(11-6-7-11)13(16)10-17-12-4-2-1-3-5-12/h1-5,11H,6-10H2. The van der Waals surface area contributed by atoms with Crippen LogP contribution in [0.25, 0.3) is 0 Å². The molecule has 0 spiro atoms. The van der Waals surface area contributed by atoms with E-state index in [0.29, 0.717) is 11.8 Å². The number of amides is 1. The molecule has 92 valence electrons. The van der Waals surface area contributed by atoms with Gasteiger partial charge in [-0.2, -0.15) is 0 Å². The fourth-order valence-electron chi connectivity index (χ4n) is 1.73. The number of hydrogen-bond acceptors (Lipinski definition) is 2. The molecule has 0 heterocycles. The molecule has 0 radical (unpaired) electrons. The lowest BCUT2D eigenvalue weighted by atomic mass is 10.4. The van der Waals surface area contributed by atoms with Crippen LogP contribution in [0.4, 0.5) is 0 Å². The highest BCUT2D eigenvalue weighted by atomic mass is 79.9. The summed E-state index contributed by atoms with van der Waals surface area (Å²) in [6.07, 6.45) is 2.35. The topological polar surface area (TPSA) is 20.3 Å². The maximum Gasteiger partial charge on any atom is 0.233 e. The summed E-state index contributed by atoms with van der Waals surface area (Å²) in [5.74, 6) is 0.814. The van der Waals surface area contributed by atoms with E-state index in [1.165, 1.54) is 12.8 Å². The van der Waals surface area contributed by atoms with Crippen LogP contribution < -0.4 is 0 Å². The fraction of sp³-hybridized carbons (Fsp3) is 0.462. The van der Waals surface area contributed by atoms with Crippen molar-refractivity contribution in [2.24, 2.45) is 0 Å². The Hall–Kier alpha value is -0.480. The van der Waals surface area contributed by atoms with Crippen LogP contribution >= 0.6 is 27.7 Å². The van der Waals surface area contributed by atoms with Gasteiger partial charge in [-0.25, -0.2) is 0 Å². The first-order chi connectivity index (χ1) is 8.31. The summed E-state index contributed by atoms with van der Waals surface area (Å²) in [7, 11) is 0.